The molecule has 2 amide bonds. The van der Waals surface area contributed by atoms with Gasteiger partial charge in [0.05, 0.1) is 0 Å². The van der Waals surface area contributed by atoms with E-state index in [0.717, 1.165) is 19.4 Å². The van der Waals surface area contributed by atoms with E-state index < -0.39 is 0 Å². The molecule has 4 nitrogen and oxygen atoms in total. The first kappa shape index (κ1) is 12.4. The highest BCUT2D eigenvalue weighted by molar-refractivity contribution is 5.88. The van der Waals surface area contributed by atoms with Crippen molar-refractivity contribution in [3.8, 4) is 0 Å². The van der Waals surface area contributed by atoms with Crippen LogP contribution in [0.15, 0.2) is 0 Å². The summed E-state index contributed by atoms with van der Waals surface area (Å²) in [5.74, 6) is 0.586. The second-order valence-corrected chi connectivity index (χ2v) is 6.63. The summed E-state index contributed by atoms with van der Waals surface area (Å²) >= 11 is 0. The van der Waals surface area contributed by atoms with Gasteiger partial charge in [0.15, 0.2) is 0 Å². The summed E-state index contributed by atoms with van der Waals surface area (Å²) in [4.78, 5) is 25.4. The highest BCUT2D eigenvalue weighted by atomic mass is 16.2. The minimum Gasteiger partial charge on any atom is -0.368 e. The average Bonchev–Trinajstić information content (AvgIpc) is 2.35. The third kappa shape index (κ3) is 2.31. The van der Waals surface area contributed by atoms with E-state index in [-0.39, 0.29) is 23.3 Å². The number of carbonyl (C=O) groups is 2. The minimum atomic E-state index is -0.344. The van der Waals surface area contributed by atoms with Gasteiger partial charge in [0.25, 0.3) is 0 Å². The molecule has 4 heteroatoms. The first-order valence-electron chi connectivity index (χ1n) is 6.38. The number of amides is 2. The van der Waals surface area contributed by atoms with Crippen molar-refractivity contribution in [1.29, 1.82) is 0 Å². The van der Waals surface area contributed by atoms with Crippen molar-refractivity contribution in [2.24, 2.45) is 23.0 Å². The second-order valence-electron chi connectivity index (χ2n) is 6.63. The maximum atomic E-state index is 12.2. The molecule has 2 fully saturated rings. The van der Waals surface area contributed by atoms with Crippen molar-refractivity contribution in [3.63, 3.8) is 0 Å². The molecule has 2 N–H and O–H groups in total. The molecule has 2 rings (SSSR count). The lowest BCUT2D eigenvalue weighted by Crippen LogP contribution is -2.47. The van der Waals surface area contributed by atoms with Gasteiger partial charge in [0.2, 0.25) is 11.8 Å². The summed E-state index contributed by atoms with van der Waals surface area (Å²) in [7, 11) is 0. The van der Waals surface area contributed by atoms with Crippen LogP contribution in [0.2, 0.25) is 0 Å². The van der Waals surface area contributed by atoms with Crippen LogP contribution in [0.3, 0.4) is 0 Å². The van der Waals surface area contributed by atoms with Crippen molar-refractivity contribution in [1.82, 2.24) is 4.90 Å². The highest BCUT2D eigenvalue weighted by Gasteiger charge is 2.51. The highest BCUT2D eigenvalue weighted by Crippen LogP contribution is 2.45. The monoisotopic (exact) mass is 238 g/mol. The van der Waals surface area contributed by atoms with Crippen LogP contribution in [-0.2, 0) is 9.59 Å². The Balaban J connectivity index is 2.09. The van der Waals surface area contributed by atoms with E-state index in [1.165, 1.54) is 0 Å². The first-order valence-corrected chi connectivity index (χ1v) is 6.38. The van der Waals surface area contributed by atoms with E-state index in [2.05, 4.69) is 0 Å². The lowest BCUT2D eigenvalue weighted by atomic mass is 9.73. The Morgan fingerprint density at radius 1 is 1.29 bits per heavy atom. The minimum absolute atomic E-state index is 0.0408. The molecule has 0 unspecified atom stereocenters. The first-order chi connectivity index (χ1) is 7.79. The molecule has 0 aromatic carbocycles. The van der Waals surface area contributed by atoms with E-state index >= 15 is 0 Å². The van der Waals surface area contributed by atoms with E-state index in [9.17, 15) is 9.59 Å². The molecule has 0 aromatic heterocycles. The van der Waals surface area contributed by atoms with Gasteiger partial charge in [-0.15, -0.1) is 0 Å². The van der Waals surface area contributed by atoms with Crippen LogP contribution in [0.4, 0.5) is 0 Å². The lowest BCUT2D eigenvalue weighted by molar-refractivity contribution is -0.139. The Labute approximate surface area is 103 Å². The zero-order chi connectivity index (χ0) is 12.8. The van der Waals surface area contributed by atoms with Crippen LogP contribution in [-0.4, -0.2) is 29.3 Å². The molecule has 96 valence electrons. The normalized spacial score (nSPS) is 31.9. The number of hydrogen-bond donors (Lipinski definition) is 1. The average molecular weight is 238 g/mol. The largest absolute Gasteiger partial charge is 0.368 e. The van der Waals surface area contributed by atoms with E-state index in [1.54, 1.807) is 4.90 Å². The molecule has 0 radical (unpaired) electrons. The van der Waals surface area contributed by atoms with Crippen molar-refractivity contribution < 1.29 is 9.59 Å². The Kier molecular flexibility index (Phi) is 2.92. The summed E-state index contributed by atoms with van der Waals surface area (Å²) in [6.45, 7) is 6.84. The second kappa shape index (κ2) is 4.00. The van der Waals surface area contributed by atoms with Gasteiger partial charge in [0.1, 0.15) is 6.04 Å². The van der Waals surface area contributed by atoms with Gasteiger partial charge >= 0.3 is 0 Å². The molecule has 3 atom stereocenters. The van der Waals surface area contributed by atoms with Gasteiger partial charge in [-0.2, -0.15) is 0 Å². The fourth-order valence-corrected chi connectivity index (χ4v) is 3.01. The Morgan fingerprint density at radius 2 is 1.94 bits per heavy atom. The fraction of sp³-hybridized carbons (Fsp3) is 0.846. The van der Waals surface area contributed by atoms with Crippen LogP contribution in [0.1, 0.15) is 40.0 Å². The fourth-order valence-electron chi connectivity index (χ4n) is 3.01. The molecule has 2 aliphatic rings. The number of hydrogen-bond acceptors (Lipinski definition) is 2. The third-order valence-corrected chi connectivity index (χ3v) is 3.94. The van der Waals surface area contributed by atoms with Gasteiger partial charge in [-0.25, -0.2) is 0 Å². The van der Waals surface area contributed by atoms with Crippen LogP contribution in [0.5, 0.6) is 0 Å². The molecule has 0 aromatic rings. The molecule has 1 aliphatic heterocycles. The molecule has 1 aliphatic carbocycles. The molecule has 1 heterocycles. The number of nitrogens with two attached hydrogens (primary N) is 1. The van der Waals surface area contributed by atoms with Crippen molar-refractivity contribution in [3.05, 3.63) is 0 Å². The maximum absolute atomic E-state index is 12.2. The molecule has 0 bridgehead atoms. The molecular weight excluding hydrogens is 216 g/mol. The molecule has 1 saturated heterocycles. The van der Waals surface area contributed by atoms with Crippen LogP contribution >= 0.6 is 0 Å². The number of nitrogens with zero attached hydrogens (tertiary/aromatic N) is 1. The van der Waals surface area contributed by atoms with E-state index in [1.807, 2.05) is 20.8 Å². The zero-order valence-electron chi connectivity index (χ0n) is 10.9. The molecule has 1 saturated carbocycles. The van der Waals surface area contributed by atoms with Crippen LogP contribution in [0, 0.1) is 17.3 Å². The third-order valence-electron chi connectivity index (χ3n) is 3.94. The molecule has 0 spiro atoms. The Bertz CT molecular complexity index is 346. The number of fused-ring (bicyclic) bond motifs is 1. The van der Waals surface area contributed by atoms with E-state index in [0.29, 0.717) is 18.3 Å². The summed E-state index contributed by atoms with van der Waals surface area (Å²) in [6, 6.07) is -0.344. The number of primary amides is 1. The van der Waals surface area contributed by atoms with Gasteiger partial charge in [-0.05, 0) is 30.1 Å². The zero-order valence-corrected chi connectivity index (χ0v) is 10.9. The smallest absolute Gasteiger partial charge is 0.240 e. The van der Waals surface area contributed by atoms with Gasteiger partial charge in [-0.1, -0.05) is 20.8 Å². The molecule has 17 heavy (non-hydrogen) atoms. The van der Waals surface area contributed by atoms with Gasteiger partial charge in [0, 0.05) is 13.0 Å². The van der Waals surface area contributed by atoms with Crippen molar-refractivity contribution in [2.45, 2.75) is 46.1 Å². The predicted octanol–water partition coefficient (Wildman–Crippen LogP) is 1.14. The lowest BCUT2D eigenvalue weighted by Gasteiger charge is -2.32. The SMILES string of the molecule is CC(C)(C)CC(=O)N1C[C@@H]2CC[C@@H]2[C@H]1C(N)=O. The number of likely N-dealkylation sites (tertiary alicyclic amines) is 1. The maximum Gasteiger partial charge on any atom is 0.240 e. The topological polar surface area (TPSA) is 63.4 Å². The van der Waals surface area contributed by atoms with Crippen LogP contribution < -0.4 is 5.73 Å². The van der Waals surface area contributed by atoms with Crippen LogP contribution in [0.25, 0.3) is 0 Å². The summed E-state index contributed by atoms with van der Waals surface area (Å²) in [6.07, 6.45) is 2.65. The quantitative estimate of drug-likeness (QED) is 0.784. The number of carbonyl (C=O) groups excluding carboxylic acids is 2. The summed E-state index contributed by atoms with van der Waals surface area (Å²) < 4.78 is 0. The Morgan fingerprint density at radius 3 is 2.35 bits per heavy atom. The summed E-state index contributed by atoms with van der Waals surface area (Å²) in [5, 5.41) is 0. The molecular formula is C13H22N2O2. The standard InChI is InChI=1S/C13H22N2O2/c1-13(2,3)6-10(16)15-7-8-4-5-9(8)11(15)12(14)17/h8-9,11H,4-7H2,1-3H3,(H2,14,17)/t8-,9-,11-/m0/s1. The number of rotatable bonds is 2. The van der Waals surface area contributed by atoms with Crippen molar-refractivity contribution >= 4 is 11.8 Å². The van der Waals surface area contributed by atoms with Gasteiger partial charge in [-0.3, -0.25) is 9.59 Å². The summed E-state index contributed by atoms with van der Waals surface area (Å²) in [5.41, 5.74) is 5.40. The van der Waals surface area contributed by atoms with Gasteiger partial charge < -0.3 is 10.6 Å². The Hall–Kier alpha value is -1.06. The van der Waals surface area contributed by atoms with Crippen molar-refractivity contribution in [2.75, 3.05) is 6.54 Å². The van der Waals surface area contributed by atoms with E-state index in [4.69, 9.17) is 5.73 Å². The predicted molar refractivity (Wildman–Crippen MR) is 65.0 cm³/mol.